The maximum absolute atomic E-state index is 12.6. The van der Waals surface area contributed by atoms with Gasteiger partial charge in [0.05, 0.1) is 11.7 Å². The Labute approximate surface area is 137 Å². The summed E-state index contributed by atoms with van der Waals surface area (Å²) in [5.74, 6) is -1.23. The van der Waals surface area contributed by atoms with Crippen molar-refractivity contribution in [2.75, 3.05) is 6.54 Å². The monoisotopic (exact) mass is 337 g/mol. The molecule has 0 bridgehead atoms. The van der Waals surface area contributed by atoms with Gasteiger partial charge in [0.1, 0.15) is 10.9 Å². The van der Waals surface area contributed by atoms with E-state index < -0.39 is 12.0 Å². The van der Waals surface area contributed by atoms with E-state index in [-0.39, 0.29) is 24.4 Å². The standard InChI is InChI=1S/C15H19N3O4S/c1-8-10(3)23-14-12(8)15(22)18(7-17-14)9(2)13(21)16-6-4-5-11(19)20/h7,9H,4-6H2,1-3H3,(H,16,21)(H,19,20). The molecule has 0 aliphatic rings. The summed E-state index contributed by atoms with van der Waals surface area (Å²) in [5.41, 5.74) is 0.663. The molecule has 1 amide bonds. The van der Waals surface area contributed by atoms with E-state index in [1.807, 2.05) is 13.8 Å². The van der Waals surface area contributed by atoms with Gasteiger partial charge in [-0.2, -0.15) is 0 Å². The number of aliphatic carboxylic acids is 1. The first-order valence-corrected chi connectivity index (χ1v) is 8.11. The van der Waals surface area contributed by atoms with Crippen LogP contribution in [0.3, 0.4) is 0 Å². The van der Waals surface area contributed by atoms with Gasteiger partial charge in [-0.1, -0.05) is 0 Å². The largest absolute Gasteiger partial charge is 0.481 e. The molecule has 0 spiro atoms. The number of hydrogen-bond acceptors (Lipinski definition) is 5. The summed E-state index contributed by atoms with van der Waals surface area (Å²) in [6, 6.07) is -0.705. The number of nitrogens with zero attached hydrogens (tertiary/aromatic N) is 2. The highest BCUT2D eigenvalue weighted by Crippen LogP contribution is 2.25. The summed E-state index contributed by atoms with van der Waals surface area (Å²) < 4.78 is 1.31. The molecule has 2 rings (SSSR count). The molecule has 1 unspecified atom stereocenters. The first-order chi connectivity index (χ1) is 10.8. The molecule has 2 aromatic heterocycles. The second-order valence-electron chi connectivity index (χ2n) is 5.38. The molecular formula is C15H19N3O4S. The van der Waals surface area contributed by atoms with Crippen LogP contribution in [0, 0.1) is 13.8 Å². The number of rotatable bonds is 6. The van der Waals surface area contributed by atoms with Gasteiger partial charge >= 0.3 is 5.97 Å². The number of amides is 1. The average Bonchev–Trinajstić information content (AvgIpc) is 2.78. The van der Waals surface area contributed by atoms with Crippen molar-refractivity contribution in [2.24, 2.45) is 0 Å². The molecule has 7 nitrogen and oxygen atoms in total. The van der Waals surface area contributed by atoms with Crippen LogP contribution in [0.4, 0.5) is 0 Å². The molecule has 124 valence electrons. The van der Waals surface area contributed by atoms with Gasteiger partial charge in [-0.05, 0) is 32.8 Å². The number of carbonyl (C=O) groups excluding carboxylic acids is 1. The lowest BCUT2D eigenvalue weighted by Crippen LogP contribution is -2.36. The van der Waals surface area contributed by atoms with E-state index in [9.17, 15) is 14.4 Å². The smallest absolute Gasteiger partial charge is 0.303 e. The first-order valence-electron chi connectivity index (χ1n) is 7.29. The Hall–Kier alpha value is -2.22. The number of carboxylic acids is 1. The summed E-state index contributed by atoms with van der Waals surface area (Å²) in [5, 5.41) is 11.8. The van der Waals surface area contributed by atoms with Crippen molar-refractivity contribution in [3.63, 3.8) is 0 Å². The molecule has 0 radical (unpaired) electrons. The fourth-order valence-corrected chi connectivity index (χ4v) is 3.24. The van der Waals surface area contributed by atoms with Crippen LogP contribution in [0.2, 0.25) is 0 Å². The van der Waals surface area contributed by atoms with Gasteiger partial charge in [-0.25, -0.2) is 4.98 Å². The van der Waals surface area contributed by atoms with Gasteiger partial charge in [-0.15, -0.1) is 11.3 Å². The van der Waals surface area contributed by atoms with Crippen LogP contribution >= 0.6 is 11.3 Å². The Morgan fingerprint density at radius 2 is 2.13 bits per heavy atom. The average molecular weight is 337 g/mol. The molecule has 8 heteroatoms. The molecule has 2 aromatic rings. The third kappa shape index (κ3) is 3.58. The van der Waals surface area contributed by atoms with Crippen LogP contribution in [0.25, 0.3) is 10.2 Å². The summed E-state index contributed by atoms with van der Waals surface area (Å²) in [7, 11) is 0. The summed E-state index contributed by atoms with van der Waals surface area (Å²) in [4.78, 5) is 41.1. The van der Waals surface area contributed by atoms with E-state index in [4.69, 9.17) is 5.11 Å². The molecule has 23 heavy (non-hydrogen) atoms. The van der Waals surface area contributed by atoms with Crippen LogP contribution < -0.4 is 10.9 Å². The normalized spacial score (nSPS) is 12.3. The van der Waals surface area contributed by atoms with Gasteiger partial charge in [0, 0.05) is 17.8 Å². The Balaban J connectivity index is 2.17. The number of thiophene rings is 1. The molecule has 2 heterocycles. The highest BCUT2D eigenvalue weighted by atomic mass is 32.1. The third-order valence-electron chi connectivity index (χ3n) is 3.78. The number of aromatic nitrogens is 2. The number of carboxylic acid groups (broad SMARTS) is 1. The Bertz CT molecular complexity index is 809. The molecule has 2 N–H and O–H groups in total. The van der Waals surface area contributed by atoms with Crippen molar-refractivity contribution >= 4 is 33.4 Å². The highest BCUT2D eigenvalue weighted by molar-refractivity contribution is 7.18. The van der Waals surface area contributed by atoms with E-state index in [1.54, 1.807) is 6.92 Å². The van der Waals surface area contributed by atoms with Crippen molar-refractivity contribution < 1.29 is 14.7 Å². The zero-order valence-corrected chi connectivity index (χ0v) is 14.1. The van der Waals surface area contributed by atoms with Gasteiger partial charge < -0.3 is 10.4 Å². The summed E-state index contributed by atoms with van der Waals surface area (Å²) in [6.45, 7) is 5.69. The van der Waals surface area contributed by atoms with E-state index in [1.165, 1.54) is 22.2 Å². The zero-order valence-electron chi connectivity index (χ0n) is 13.3. The van der Waals surface area contributed by atoms with Crippen molar-refractivity contribution in [1.82, 2.24) is 14.9 Å². The van der Waals surface area contributed by atoms with Crippen LogP contribution in [0.5, 0.6) is 0 Å². The van der Waals surface area contributed by atoms with Gasteiger partial charge in [-0.3, -0.25) is 19.0 Å². The van der Waals surface area contributed by atoms with Crippen molar-refractivity contribution in [1.29, 1.82) is 0 Å². The van der Waals surface area contributed by atoms with Gasteiger partial charge in [0.25, 0.3) is 5.56 Å². The fraction of sp³-hybridized carbons (Fsp3) is 0.467. The van der Waals surface area contributed by atoms with Crippen molar-refractivity contribution in [3.05, 3.63) is 27.1 Å². The Morgan fingerprint density at radius 3 is 2.78 bits per heavy atom. The quantitative estimate of drug-likeness (QED) is 0.780. The van der Waals surface area contributed by atoms with Crippen molar-refractivity contribution in [3.8, 4) is 0 Å². The third-order valence-corrected chi connectivity index (χ3v) is 4.89. The molecule has 0 fully saturated rings. The van der Waals surface area contributed by atoms with E-state index >= 15 is 0 Å². The van der Waals surface area contributed by atoms with E-state index in [2.05, 4.69) is 10.3 Å². The van der Waals surface area contributed by atoms with Gasteiger partial charge in [0.15, 0.2) is 0 Å². The van der Waals surface area contributed by atoms with Crippen LogP contribution in [0.1, 0.15) is 36.2 Å². The topological polar surface area (TPSA) is 101 Å². The molecule has 0 saturated carbocycles. The lowest BCUT2D eigenvalue weighted by atomic mass is 10.2. The van der Waals surface area contributed by atoms with Gasteiger partial charge in [0.2, 0.25) is 5.91 Å². The number of aryl methyl sites for hydroxylation is 2. The fourth-order valence-electron chi connectivity index (χ4n) is 2.25. The second-order valence-corrected chi connectivity index (χ2v) is 6.59. The number of hydrogen-bond donors (Lipinski definition) is 2. The minimum Gasteiger partial charge on any atom is -0.481 e. The number of carbonyl (C=O) groups is 2. The number of nitrogens with one attached hydrogen (secondary N) is 1. The Kier molecular flexibility index (Phi) is 5.15. The van der Waals surface area contributed by atoms with E-state index in [0.717, 1.165) is 10.4 Å². The first kappa shape index (κ1) is 17.1. The Morgan fingerprint density at radius 1 is 1.43 bits per heavy atom. The number of fused-ring (bicyclic) bond motifs is 1. The summed E-state index contributed by atoms with van der Waals surface area (Å²) >= 11 is 1.46. The van der Waals surface area contributed by atoms with Crippen LogP contribution in [-0.2, 0) is 9.59 Å². The lowest BCUT2D eigenvalue weighted by molar-refractivity contribution is -0.137. The maximum Gasteiger partial charge on any atom is 0.303 e. The molecular weight excluding hydrogens is 318 g/mol. The van der Waals surface area contributed by atoms with Crippen molar-refractivity contribution in [2.45, 2.75) is 39.7 Å². The highest BCUT2D eigenvalue weighted by Gasteiger charge is 2.19. The molecule has 0 aliphatic carbocycles. The molecule has 0 aliphatic heterocycles. The molecule has 0 saturated heterocycles. The molecule has 0 aromatic carbocycles. The lowest BCUT2D eigenvalue weighted by Gasteiger charge is -2.14. The minimum absolute atomic E-state index is 0.00446. The minimum atomic E-state index is -0.901. The zero-order chi connectivity index (χ0) is 17.1. The SMILES string of the molecule is Cc1sc2ncn(C(C)C(=O)NCCCC(=O)O)c(=O)c2c1C. The second kappa shape index (κ2) is 6.91. The summed E-state index contributed by atoms with van der Waals surface area (Å²) in [6.07, 6.45) is 1.74. The predicted octanol–water partition coefficient (Wildman–Crippen LogP) is 1.62. The van der Waals surface area contributed by atoms with Crippen LogP contribution in [0.15, 0.2) is 11.1 Å². The van der Waals surface area contributed by atoms with E-state index in [0.29, 0.717) is 16.6 Å². The molecule has 1 atom stereocenters. The predicted molar refractivity (Wildman–Crippen MR) is 87.9 cm³/mol. The van der Waals surface area contributed by atoms with Crippen LogP contribution in [-0.4, -0.2) is 33.1 Å². The maximum atomic E-state index is 12.6.